The average Bonchev–Trinajstić information content (AvgIpc) is 2.37. The molecule has 0 saturated heterocycles. The van der Waals surface area contributed by atoms with E-state index in [1.807, 2.05) is 12.1 Å². The van der Waals surface area contributed by atoms with Crippen molar-refractivity contribution in [2.75, 3.05) is 0 Å². The summed E-state index contributed by atoms with van der Waals surface area (Å²) >= 11 is 0. The summed E-state index contributed by atoms with van der Waals surface area (Å²) in [6.07, 6.45) is -0.485. The van der Waals surface area contributed by atoms with Crippen molar-refractivity contribution < 1.29 is 9.53 Å². The van der Waals surface area contributed by atoms with Gasteiger partial charge in [0.2, 0.25) is 0 Å². The fourth-order valence-electron chi connectivity index (χ4n) is 1.42. The second-order valence-corrected chi connectivity index (χ2v) is 4.93. The molecular formula is C13H21N5O2. The van der Waals surface area contributed by atoms with Gasteiger partial charge in [-0.15, -0.1) is 0 Å². The summed E-state index contributed by atoms with van der Waals surface area (Å²) in [5.41, 5.74) is 16.3. The van der Waals surface area contributed by atoms with E-state index in [1.54, 1.807) is 32.9 Å². The van der Waals surface area contributed by atoms with Gasteiger partial charge in [-0.25, -0.2) is 15.9 Å². The lowest BCUT2D eigenvalue weighted by atomic mass is 10.1. The Morgan fingerprint density at radius 3 is 2.35 bits per heavy atom. The van der Waals surface area contributed by atoms with Crippen molar-refractivity contribution >= 4 is 11.9 Å². The summed E-state index contributed by atoms with van der Waals surface area (Å²) < 4.78 is 5.12. The van der Waals surface area contributed by atoms with Gasteiger partial charge in [-0.3, -0.25) is 5.41 Å². The average molecular weight is 279 g/mol. The molecule has 1 aromatic rings. The molecule has 0 spiro atoms. The predicted molar refractivity (Wildman–Crippen MR) is 76.0 cm³/mol. The number of carbonyl (C=O) groups excluding carboxylic acids is 1. The molecule has 0 unspecified atom stereocenters. The maximum absolute atomic E-state index is 11.5. The highest BCUT2D eigenvalue weighted by atomic mass is 16.6. The molecule has 0 atom stereocenters. The fourth-order valence-corrected chi connectivity index (χ4v) is 1.42. The van der Waals surface area contributed by atoms with Crippen molar-refractivity contribution in [3.8, 4) is 0 Å². The highest BCUT2D eigenvalue weighted by Gasteiger charge is 2.16. The van der Waals surface area contributed by atoms with E-state index in [0.29, 0.717) is 5.56 Å². The second kappa shape index (κ2) is 7.88. The minimum Gasteiger partial charge on any atom is -0.444 e. The number of hydrogen-bond acceptors (Lipinski definition) is 5. The Hall–Kier alpha value is -2.44. The Balaban J connectivity index is 0.00000172. The standard InChI is InChI=1S/C13H19N3O2.H2N2/c1-13(2,3)18-12(17)16-8-9-6-4-5-7-10(9)11(14)15;1-2/h4-7H,8H2,1-3H3,(H3,14,15)(H,16,17);1-2H. The number of nitrogen functional groups attached to an aromatic ring is 1. The smallest absolute Gasteiger partial charge is 0.407 e. The first-order valence-electron chi connectivity index (χ1n) is 5.94. The van der Waals surface area contributed by atoms with Crippen molar-refractivity contribution in [1.29, 1.82) is 16.5 Å². The SMILES string of the molecule is CC(C)(C)OC(=O)NCc1ccccc1C(=N)N.N=N. The van der Waals surface area contributed by atoms with Gasteiger partial charge in [-0.2, -0.15) is 0 Å². The third-order valence-corrected chi connectivity index (χ3v) is 2.13. The highest BCUT2D eigenvalue weighted by Crippen LogP contribution is 2.09. The molecule has 1 aromatic carbocycles. The molecule has 0 saturated carbocycles. The molecule has 110 valence electrons. The first-order valence-corrected chi connectivity index (χ1v) is 5.94. The lowest BCUT2D eigenvalue weighted by Gasteiger charge is -2.20. The van der Waals surface area contributed by atoms with Crippen LogP contribution in [0, 0.1) is 16.5 Å². The van der Waals surface area contributed by atoms with Crippen LogP contribution in [0.5, 0.6) is 0 Å². The van der Waals surface area contributed by atoms with Crippen LogP contribution in [0.25, 0.3) is 0 Å². The van der Waals surface area contributed by atoms with Crippen molar-refractivity contribution in [1.82, 2.24) is 5.32 Å². The summed E-state index contributed by atoms with van der Waals surface area (Å²) in [7, 11) is 0. The zero-order valence-corrected chi connectivity index (χ0v) is 11.9. The van der Waals surface area contributed by atoms with Gasteiger partial charge in [0.1, 0.15) is 11.4 Å². The number of benzene rings is 1. The zero-order chi connectivity index (χ0) is 15.8. The fraction of sp³-hybridized carbons (Fsp3) is 0.385. The Morgan fingerprint density at radius 1 is 1.30 bits per heavy atom. The number of nitrogens with one attached hydrogen (secondary N) is 4. The molecule has 0 aliphatic carbocycles. The van der Waals surface area contributed by atoms with Crippen LogP contribution in [0.3, 0.4) is 0 Å². The summed E-state index contributed by atoms with van der Waals surface area (Å²) in [5.74, 6) is -0.0170. The van der Waals surface area contributed by atoms with Crippen LogP contribution in [0.4, 0.5) is 4.79 Å². The van der Waals surface area contributed by atoms with Crippen LogP contribution in [0.15, 0.2) is 24.3 Å². The molecule has 6 N–H and O–H groups in total. The number of hydrogen-bond donors (Lipinski definition) is 5. The second-order valence-electron chi connectivity index (χ2n) is 4.93. The van der Waals surface area contributed by atoms with E-state index in [2.05, 4.69) is 5.32 Å². The van der Waals surface area contributed by atoms with Gasteiger partial charge in [0.15, 0.2) is 0 Å². The number of amidine groups is 1. The lowest BCUT2D eigenvalue weighted by Crippen LogP contribution is -2.32. The van der Waals surface area contributed by atoms with E-state index < -0.39 is 11.7 Å². The Bertz CT molecular complexity index is 468. The monoisotopic (exact) mass is 279 g/mol. The minimum atomic E-state index is -0.524. The first-order chi connectivity index (χ1) is 9.29. The highest BCUT2D eigenvalue weighted by molar-refractivity contribution is 5.96. The largest absolute Gasteiger partial charge is 0.444 e. The Labute approximate surface area is 118 Å². The van der Waals surface area contributed by atoms with Crippen LogP contribution >= 0.6 is 0 Å². The number of rotatable bonds is 3. The molecule has 7 heteroatoms. The molecule has 7 nitrogen and oxygen atoms in total. The number of alkyl carbamates (subject to hydrolysis) is 1. The summed E-state index contributed by atoms with van der Waals surface area (Å²) in [6.45, 7) is 5.69. The summed E-state index contributed by atoms with van der Waals surface area (Å²) in [6, 6.07) is 7.19. The van der Waals surface area contributed by atoms with Crippen molar-refractivity contribution in [2.45, 2.75) is 32.9 Å². The lowest BCUT2D eigenvalue weighted by molar-refractivity contribution is 0.0523. The van der Waals surface area contributed by atoms with Gasteiger partial charge >= 0.3 is 6.09 Å². The number of nitrogens with two attached hydrogens (primary N) is 1. The van der Waals surface area contributed by atoms with Gasteiger partial charge in [-0.1, -0.05) is 24.3 Å². The topological polar surface area (TPSA) is 136 Å². The summed E-state index contributed by atoms with van der Waals surface area (Å²) in [5, 5.41) is 10.1. The van der Waals surface area contributed by atoms with Crippen molar-refractivity contribution in [3.05, 3.63) is 35.4 Å². The van der Waals surface area contributed by atoms with E-state index in [9.17, 15) is 4.79 Å². The van der Waals surface area contributed by atoms with Gasteiger partial charge < -0.3 is 15.8 Å². The van der Waals surface area contributed by atoms with E-state index in [1.165, 1.54) is 0 Å². The Kier molecular flexibility index (Phi) is 6.92. The minimum absolute atomic E-state index is 0.0170. The molecule has 1 amide bonds. The number of ether oxygens (including phenoxy) is 1. The molecule has 0 heterocycles. The van der Waals surface area contributed by atoms with Crippen molar-refractivity contribution in [3.63, 3.8) is 0 Å². The van der Waals surface area contributed by atoms with Crippen molar-refractivity contribution in [2.24, 2.45) is 5.73 Å². The van der Waals surface area contributed by atoms with Crippen LogP contribution in [0.2, 0.25) is 0 Å². The van der Waals surface area contributed by atoms with E-state index in [-0.39, 0.29) is 12.4 Å². The molecule has 0 aliphatic rings. The van der Waals surface area contributed by atoms with E-state index >= 15 is 0 Å². The number of amides is 1. The normalized spacial score (nSPS) is 9.95. The molecule has 1 rings (SSSR count). The summed E-state index contributed by atoms with van der Waals surface area (Å²) in [4.78, 5) is 11.5. The Morgan fingerprint density at radius 2 is 1.85 bits per heavy atom. The van der Waals surface area contributed by atoms with E-state index in [4.69, 9.17) is 26.9 Å². The quantitative estimate of drug-likeness (QED) is 0.330. The first kappa shape index (κ1) is 17.6. The van der Waals surface area contributed by atoms with Crippen LogP contribution in [0.1, 0.15) is 31.9 Å². The van der Waals surface area contributed by atoms with Gasteiger partial charge in [0.25, 0.3) is 0 Å². The van der Waals surface area contributed by atoms with Gasteiger partial charge in [0, 0.05) is 12.1 Å². The molecule has 0 bridgehead atoms. The van der Waals surface area contributed by atoms with Gasteiger partial charge in [-0.05, 0) is 26.3 Å². The third-order valence-electron chi connectivity index (χ3n) is 2.13. The molecular weight excluding hydrogens is 258 g/mol. The van der Waals surface area contributed by atoms with Crippen LogP contribution in [-0.2, 0) is 11.3 Å². The van der Waals surface area contributed by atoms with Crippen LogP contribution < -0.4 is 11.1 Å². The maximum Gasteiger partial charge on any atom is 0.407 e. The van der Waals surface area contributed by atoms with Crippen LogP contribution in [-0.4, -0.2) is 17.5 Å². The molecule has 20 heavy (non-hydrogen) atoms. The molecule has 0 fully saturated rings. The van der Waals surface area contributed by atoms with Gasteiger partial charge in [0.05, 0.1) is 0 Å². The predicted octanol–water partition coefficient (Wildman–Crippen LogP) is 2.59. The molecule has 0 aliphatic heterocycles. The molecule has 0 radical (unpaired) electrons. The molecule has 0 aromatic heterocycles. The van der Waals surface area contributed by atoms with E-state index in [0.717, 1.165) is 5.56 Å². The third kappa shape index (κ3) is 6.48. The maximum atomic E-state index is 11.5. The number of carbonyl (C=O) groups is 1. The zero-order valence-electron chi connectivity index (χ0n) is 11.9.